The second-order valence-corrected chi connectivity index (χ2v) is 5.94. The lowest BCUT2D eigenvalue weighted by molar-refractivity contribution is 0.210. The van der Waals surface area contributed by atoms with Crippen LogP contribution in [0.1, 0.15) is 25.0 Å². The normalized spacial score (nSPS) is 11.0. The van der Waals surface area contributed by atoms with E-state index >= 15 is 0 Å². The Bertz CT molecular complexity index is 783. The van der Waals surface area contributed by atoms with Crippen molar-refractivity contribution in [1.29, 1.82) is 5.26 Å². The third-order valence-electron chi connectivity index (χ3n) is 3.05. The van der Waals surface area contributed by atoms with Gasteiger partial charge in [0.1, 0.15) is 22.5 Å². The Morgan fingerprint density at radius 3 is 2.57 bits per heavy atom. The van der Waals surface area contributed by atoms with Crippen LogP contribution < -0.4 is 9.47 Å². The smallest absolute Gasteiger partial charge is 0.219 e. The Hall–Kier alpha value is -2.03. The van der Waals surface area contributed by atoms with E-state index in [-0.39, 0.29) is 38.6 Å². The molecule has 0 unspecified atom stereocenters. The lowest BCUT2D eigenvalue weighted by atomic mass is 10.0. The molecule has 0 spiro atoms. The first-order valence-electron chi connectivity index (χ1n) is 6.57. The lowest BCUT2D eigenvalue weighted by Crippen LogP contribution is -2.12. The first-order valence-corrected chi connectivity index (χ1v) is 7.33. The number of pyridine rings is 1. The molecule has 1 aromatic carbocycles. The highest BCUT2D eigenvalue weighted by Crippen LogP contribution is 2.40. The quantitative estimate of drug-likeness (QED) is 0.750. The molecule has 1 heterocycles. The van der Waals surface area contributed by atoms with Crippen LogP contribution in [0.2, 0.25) is 10.0 Å². The van der Waals surface area contributed by atoms with E-state index in [9.17, 15) is 4.39 Å². The van der Waals surface area contributed by atoms with E-state index in [4.69, 9.17) is 37.9 Å². The Labute approximate surface area is 143 Å². The Kier molecular flexibility index (Phi) is 4.98. The molecule has 0 atom stereocenters. The number of alkyl halides is 1. The fourth-order valence-corrected chi connectivity index (χ4v) is 2.40. The molecule has 2 aromatic rings. The highest BCUT2D eigenvalue weighted by atomic mass is 35.5. The highest BCUT2D eigenvalue weighted by molar-refractivity contribution is 6.37. The molecule has 0 radical (unpaired) electrons. The largest absolute Gasteiger partial charge is 0.481 e. The van der Waals surface area contributed by atoms with Gasteiger partial charge >= 0.3 is 0 Å². The van der Waals surface area contributed by atoms with Crippen LogP contribution in [0.5, 0.6) is 17.4 Å². The molecule has 0 aliphatic carbocycles. The van der Waals surface area contributed by atoms with Crippen LogP contribution in [0, 0.1) is 11.3 Å². The predicted molar refractivity (Wildman–Crippen MR) is 86.2 cm³/mol. The van der Waals surface area contributed by atoms with Gasteiger partial charge in [-0.05, 0) is 32.0 Å². The zero-order chi connectivity index (χ0) is 17.2. The topological polar surface area (TPSA) is 55.1 Å². The molecule has 0 saturated heterocycles. The van der Waals surface area contributed by atoms with Gasteiger partial charge in [-0.1, -0.05) is 23.2 Å². The van der Waals surface area contributed by atoms with Crippen molar-refractivity contribution < 1.29 is 13.9 Å². The molecule has 120 valence electrons. The molecular weight excluding hydrogens is 342 g/mol. The number of methoxy groups -OCH3 is 1. The van der Waals surface area contributed by atoms with Crippen LogP contribution in [0.3, 0.4) is 0 Å². The molecule has 0 aliphatic rings. The molecule has 2 rings (SSSR count). The molecule has 0 aliphatic heterocycles. The molecule has 23 heavy (non-hydrogen) atoms. The summed E-state index contributed by atoms with van der Waals surface area (Å²) in [5, 5.41) is 9.32. The molecular formula is C16H13Cl2FN2O2. The third kappa shape index (κ3) is 3.66. The summed E-state index contributed by atoms with van der Waals surface area (Å²) in [5.41, 5.74) is -1.24. The van der Waals surface area contributed by atoms with Crippen LogP contribution in [0.25, 0.3) is 0 Å². The number of hydrogen-bond donors (Lipinski definition) is 0. The Morgan fingerprint density at radius 2 is 2.00 bits per heavy atom. The number of hydrogen-bond acceptors (Lipinski definition) is 4. The van der Waals surface area contributed by atoms with Crippen molar-refractivity contribution in [2.75, 3.05) is 7.11 Å². The molecule has 0 fully saturated rings. The van der Waals surface area contributed by atoms with Crippen LogP contribution in [0.4, 0.5) is 4.39 Å². The number of rotatable bonds is 4. The molecule has 1 aromatic heterocycles. The van der Waals surface area contributed by atoms with Gasteiger partial charge in [0.2, 0.25) is 5.88 Å². The van der Waals surface area contributed by atoms with Gasteiger partial charge in [0, 0.05) is 0 Å². The fraction of sp³-hybridized carbons (Fsp3) is 0.250. The van der Waals surface area contributed by atoms with Gasteiger partial charge in [0.25, 0.3) is 0 Å². The van der Waals surface area contributed by atoms with Crippen LogP contribution >= 0.6 is 23.2 Å². The SMILES string of the molecule is COc1ncc(Oc2c(Cl)ccc(C#N)c2Cl)cc1C(C)(C)F. The Balaban J connectivity index is 2.48. The van der Waals surface area contributed by atoms with Crippen molar-refractivity contribution >= 4 is 23.2 Å². The summed E-state index contributed by atoms with van der Waals surface area (Å²) >= 11 is 12.2. The number of ether oxygens (including phenoxy) is 2. The maximum absolute atomic E-state index is 14.3. The molecule has 0 bridgehead atoms. The van der Waals surface area contributed by atoms with Crippen molar-refractivity contribution in [3.8, 4) is 23.4 Å². The van der Waals surface area contributed by atoms with Crippen LogP contribution in [-0.2, 0) is 5.67 Å². The van der Waals surface area contributed by atoms with Crippen LogP contribution in [-0.4, -0.2) is 12.1 Å². The minimum atomic E-state index is -1.68. The standard InChI is InChI=1S/C16H13Cl2FN2O2/c1-16(2,19)11-6-10(8-21-15(11)22-3)23-14-12(17)5-4-9(7-20)13(14)18/h4-6,8H,1-3H3. The summed E-state index contributed by atoms with van der Waals surface area (Å²) in [6.45, 7) is 2.76. The highest BCUT2D eigenvalue weighted by Gasteiger charge is 2.26. The van der Waals surface area contributed by atoms with E-state index < -0.39 is 5.67 Å². The predicted octanol–water partition coefficient (Wildman–Crippen LogP) is 5.27. The van der Waals surface area contributed by atoms with Gasteiger partial charge in [0.15, 0.2) is 5.75 Å². The van der Waals surface area contributed by atoms with Gasteiger partial charge in [-0.3, -0.25) is 0 Å². The Morgan fingerprint density at radius 1 is 1.30 bits per heavy atom. The summed E-state index contributed by atoms with van der Waals surface area (Å²) in [7, 11) is 1.40. The number of halogens is 3. The summed E-state index contributed by atoms with van der Waals surface area (Å²) in [6, 6.07) is 6.38. The minimum absolute atomic E-state index is 0.0804. The van der Waals surface area contributed by atoms with Gasteiger partial charge in [-0.2, -0.15) is 5.26 Å². The maximum atomic E-state index is 14.3. The summed E-state index contributed by atoms with van der Waals surface area (Å²) in [4.78, 5) is 4.02. The monoisotopic (exact) mass is 354 g/mol. The second-order valence-electron chi connectivity index (χ2n) is 5.15. The third-order valence-corrected chi connectivity index (χ3v) is 3.72. The zero-order valence-electron chi connectivity index (χ0n) is 12.7. The molecule has 0 N–H and O–H groups in total. The number of nitriles is 1. The van der Waals surface area contributed by atoms with Crippen molar-refractivity contribution in [3.63, 3.8) is 0 Å². The maximum Gasteiger partial charge on any atom is 0.219 e. The number of benzene rings is 1. The second kappa shape index (κ2) is 6.61. The van der Waals surface area contributed by atoms with Crippen molar-refractivity contribution in [2.45, 2.75) is 19.5 Å². The van der Waals surface area contributed by atoms with Crippen molar-refractivity contribution in [1.82, 2.24) is 4.98 Å². The van der Waals surface area contributed by atoms with E-state index in [1.54, 1.807) is 0 Å². The van der Waals surface area contributed by atoms with Gasteiger partial charge < -0.3 is 9.47 Å². The van der Waals surface area contributed by atoms with E-state index in [0.29, 0.717) is 0 Å². The van der Waals surface area contributed by atoms with E-state index in [0.717, 1.165) is 0 Å². The summed E-state index contributed by atoms with van der Waals surface area (Å²) < 4.78 is 25.0. The minimum Gasteiger partial charge on any atom is -0.481 e. The average Bonchev–Trinajstić information content (AvgIpc) is 2.50. The first-order chi connectivity index (χ1) is 10.8. The van der Waals surface area contributed by atoms with Gasteiger partial charge in [0.05, 0.1) is 29.5 Å². The fourth-order valence-electron chi connectivity index (χ4n) is 1.91. The van der Waals surface area contributed by atoms with E-state index in [1.807, 2.05) is 6.07 Å². The molecule has 7 heteroatoms. The van der Waals surface area contributed by atoms with Gasteiger partial charge in [-0.25, -0.2) is 9.37 Å². The van der Waals surface area contributed by atoms with Crippen molar-refractivity contribution in [3.05, 3.63) is 45.6 Å². The van der Waals surface area contributed by atoms with E-state index in [2.05, 4.69) is 4.98 Å². The zero-order valence-corrected chi connectivity index (χ0v) is 14.2. The number of nitrogens with zero attached hydrogens (tertiary/aromatic N) is 2. The molecule has 0 amide bonds. The summed E-state index contributed by atoms with van der Waals surface area (Å²) in [5.74, 6) is 0.500. The van der Waals surface area contributed by atoms with E-state index in [1.165, 1.54) is 45.4 Å². The first kappa shape index (κ1) is 17.3. The lowest BCUT2D eigenvalue weighted by Gasteiger charge is -2.18. The van der Waals surface area contributed by atoms with Crippen molar-refractivity contribution in [2.24, 2.45) is 0 Å². The molecule has 4 nitrogen and oxygen atoms in total. The average molecular weight is 355 g/mol. The van der Waals surface area contributed by atoms with Crippen LogP contribution in [0.15, 0.2) is 24.4 Å². The van der Waals surface area contributed by atoms with Gasteiger partial charge in [-0.15, -0.1) is 0 Å². The summed E-state index contributed by atoms with van der Waals surface area (Å²) in [6.07, 6.45) is 1.36. The molecule has 0 saturated carbocycles. The number of aromatic nitrogens is 1.